The molecule has 9 heteroatoms. The Hall–Kier alpha value is -3.43. The Kier molecular flexibility index (Phi) is 9.22. The van der Waals surface area contributed by atoms with E-state index < -0.39 is 6.55 Å². The molecule has 7 nitrogen and oxygen atoms in total. The van der Waals surface area contributed by atoms with Gasteiger partial charge in [-0.05, 0) is 35.4 Å². The number of aromatic nitrogens is 1. The fourth-order valence-corrected chi connectivity index (χ4v) is 3.34. The minimum Gasteiger partial charge on any atom is -0.379 e. The van der Waals surface area contributed by atoms with E-state index in [4.69, 9.17) is 4.74 Å². The van der Waals surface area contributed by atoms with E-state index in [1.165, 1.54) is 24.1 Å². The zero-order chi connectivity index (χ0) is 23.5. The van der Waals surface area contributed by atoms with Crippen LogP contribution in [-0.2, 0) is 16.1 Å². The van der Waals surface area contributed by atoms with Crippen LogP contribution in [0, 0.1) is 0 Å². The minimum atomic E-state index is -2.70. The van der Waals surface area contributed by atoms with Crippen molar-refractivity contribution in [3.8, 4) is 0 Å². The topological polar surface area (TPSA) is 78.8 Å². The highest BCUT2D eigenvalue weighted by Crippen LogP contribution is 2.19. The lowest BCUT2D eigenvalue weighted by Crippen LogP contribution is -2.35. The van der Waals surface area contributed by atoms with Gasteiger partial charge in [0.05, 0.1) is 13.2 Å². The second kappa shape index (κ2) is 12.6. The van der Waals surface area contributed by atoms with Crippen molar-refractivity contribution >= 4 is 29.5 Å². The van der Waals surface area contributed by atoms with E-state index in [1.54, 1.807) is 31.6 Å². The molecule has 0 aliphatic carbocycles. The van der Waals surface area contributed by atoms with Gasteiger partial charge in [0, 0.05) is 74.4 Å². The molecule has 1 aliphatic heterocycles. The standard InChI is InChI=1S/C24H27F2N5O2/c1-27-14-20(16-29-24(25)26)22-8-9-28-15-19(22)4-7-23(32)30-21-5-2-18(3-6-21)17-31-10-12-33-13-11-31/h2-9,14-16,24,29H,10-13,17H2,1H3,(H,30,32)/b7-4+,20-16+,27-14?. The van der Waals surface area contributed by atoms with Gasteiger partial charge in [-0.1, -0.05) is 12.1 Å². The third-order valence-corrected chi connectivity index (χ3v) is 4.94. The first-order valence-electron chi connectivity index (χ1n) is 10.5. The first-order valence-corrected chi connectivity index (χ1v) is 10.5. The van der Waals surface area contributed by atoms with Gasteiger partial charge in [-0.3, -0.25) is 19.7 Å². The van der Waals surface area contributed by atoms with Crippen LogP contribution in [0.4, 0.5) is 14.5 Å². The number of halogens is 2. The summed E-state index contributed by atoms with van der Waals surface area (Å²) in [5, 5.41) is 4.79. The van der Waals surface area contributed by atoms with Crippen LogP contribution in [0.3, 0.4) is 0 Å². The molecule has 0 radical (unpaired) electrons. The number of aliphatic imine (C=N–C) groups is 1. The second-order valence-electron chi connectivity index (χ2n) is 7.33. The Bertz CT molecular complexity index is 1000. The van der Waals surface area contributed by atoms with Gasteiger partial charge in [-0.15, -0.1) is 0 Å². The number of morpholine rings is 1. The van der Waals surface area contributed by atoms with Crippen molar-refractivity contribution in [3.63, 3.8) is 0 Å². The Morgan fingerprint density at radius 2 is 2.00 bits per heavy atom. The lowest BCUT2D eigenvalue weighted by atomic mass is 10.0. The van der Waals surface area contributed by atoms with Crippen LogP contribution in [-0.4, -0.2) is 61.9 Å². The number of allylic oxidation sites excluding steroid dienone is 1. The molecule has 0 spiro atoms. The summed E-state index contributed by atoms with van der Waals surface area (Å²) < 4.78 is 30.5. The van der Waals surface area contributed by atoms with Crippen molar-refractivity contribution in [1.82, 2.24) is 15.2 Å². The molecule has 2 N–H and O–H groups in total. The van der Waals surface area contributed by atoms with E-state index in [-0.39, 0.29) is 5.91 Å². The molecule has 1 saturated heterocycles. The summed E-state index contributed by atoms with van der Waals surface area (Å²) in [6.07, 6.45) is 8.71. The lowest BCUT2D eigenvalue weighted by molar-refractivity contribution is -0.111. The fourth-order valence-electron chi connectivity index (χ4n) is 3.34. The predicted octanol–water partition coefficient (Wildman–Crippen LogP) is 3.42. The Morgan fingerprint density at radius 3 is 2.70 bits per heavy atom. The number of anilines is 1. The zero-order valence-electron chi connectivity index (χ0n) is 18.4. The van der Waals surface area contributed by atoms with Crippen LogP contribution >= 0.6 is 0 Å². The number of amides is 1. The van der Waals surface area contributed by atoms with E-state index in [9.17, 15) is 13.6 Å². The molecule has 2 aromatic rings. The average Bonchev–Trinajstić information content (AvgIpc) is 2.82. The van der Waals surface area contributed by atoms with Gasteiger partial charge in [0.2, 0.25) is 5.91 Å². The molecule has 0 saturated carbocycles. The average molecular weight is 456 g/mol. The Balaban J connectivity index is 1.64. The molecule has 1 fully saturated rings. The van der Waals surface area contributed by atoms with E-state index >= 15 is 0 Å². The van der Waals surface area contributed by atoms with Gasteiger partial charge in [-0.25, -0.2) is 0 Å². The molecule has 1 aliphatic rings. The van der Waals surface area contributed by atoms with Crippen molar-refractivity contribution in [1.29, 1.82) is 0 Å². The number of rotatable bonds is 9. The quantitative estimate of drug-likeness (QED) is 0.344. The molecule has 174 valence electrons. The SMILES string of the molecule is CN=C/C(=C\NC(F)F)c1ccncc1/C=C/C(=O)Nc1ccc(CN2CCOCC2)cc1. The van der Waals surface area contributed by atoms with Gasteiger partial charge in [-0.2, -0.15) is 8.78 Å². The molecule has 3 rings (SSSR count). The number of carbonyl (C=O) groups excluding carboxylic acids is 1. The number of nitrogens with one attached hydrogen (secondary N) is 2. The van der Waals surface area contributed by atoms with Crippen molar-refractivity contribution in [2.45, 2.75) is 13.1 Å². The number of ether oxygens (including phenoxy) is 1. The third-order valence-electron chi connectivity index (χ3n) is 4.94. The highest BCUT2D eigenvalue weighted by Gasteiger charge is 2.11. The number of pyridine rings is 1. The number of hydrogen-bond donors (Lipinski definition) is 2. The highest BCUT2D eigenvalue weighted by molar-refractivity contribution is 6.11. The maximum Gasteiger partial charge on any atom is 0.312 e. The summed E-state index contributed by atoms with van der Waals surface area (Å²) in [6.45, 7) is 1.49. The fraction of sp³-hybridized carbons (Fsp3) is 0.292. The van der Waals surface area contributed by atoms with Gasteiger partial charge in [0.25, 0.3) is 0 Å². The highest BCUT2D eigenvalue weighted by atomic mass is 19.3. The van der Waals surface area contributed by atoms with Gasteiger partial charge in [0.15, 0.2) is 0 Å². The molecule has 1 aromatic carbocycles. The summed E-state index contributed by atoms with van der Waals surface area (Å²) in [6, 6.07) is 9.39. The number of alkyl halides is 2. The van der Waals surface area contributed by atoms with E-state index in [0.717, 1.165) is 32.8 Å². The smallest absolute Gasteiger partial charge is 0.312 e. The minimum absolute atomic E-state index is 0.314. The number of nitrogens with zero attached hydrogens (tertiary/aromatic N) is 3. The zero-order valence-corrected chi connectivity index (χ0v) is 18.4. The van der Waals surface area contributed by atoms with Crippen molar-refractivity contribution in [2.24, 2.45) is 4.99 Å². The maximum atomic E-state index is 12.6. The van der Waals surface area contributed by atoms with Gasteiger partial charge < -0.3 is 15.4 Å². The summed E-state index contributed by atoms with van der Waals surface area (Å²) in [5.74, 6) is -0.314. The third kappa shape index (κ3) is 7.89. The Labute approximate surface area is 191 Å². The van der Waals surface area contributed by atoms with Crippen molar-refractivity contribution in [3.05, 3.63) is 71.7 Å². The van der Waals surface area contributed by atoms with Crippen molar-refractivity contribution < 1.29 is 18.3 Å². The van der Waals surface area contributed by atoms with E-state index in [1.807, 2.05) is 29.6 Å². The molecule has 33 heavy (non-hydrogen) atoms. The summed E-state index contributed by atoms with van der Waals surface area (Å²) in [7, 11) is 1.55. The van der Waals surface area contributed by atoms with Crippen LogP contribution in [0.15, 0.2) is 60.0 Å². The monoisotopic (exact) mass is 455 g/mol. The molecular formula is C24H27F2N5O2. The molecule has 0 atom stereocenters. The maximum absolute atomic E-state index is 12.6. The van der Waals surface area contributed by atoms with E-state index in [0.29, 0.717) is 22.4 Å². The molecule has 1 amide bonds. The molecule has 1 aromatic heterocycles. The van der Waals surface area contributed by atoms with Gasteiger partial charge in [0.1, 0.15) is 0 Å². The Morgan fingerprint density at radius 1 is 1.24 bits per heavy atom. The van der Waals surface area contributed by atoms with Crippen molar-refractivity contribution in [2.75, 3.05) is 38.7 Å². The summed E-state index contributed by atoms with van der Waals surface area (Å²) in [4.78, 5) is 22.7. The predicted molar refractivity (Wildman–Crippen MR) is 126 cm³/mol. The van der Waals surface area contributed by atoms with Gasteiger partial charge >= 0.3 is 6.55 Å². The first kappa shape index (κ1) is 24.2. The summed E-state index contributed by atoms with van der Waals surface area (Å²) in [5.41, 5.74) is 3.49. The van der Waals surface area contributed by atoms with Crippen LogP contribution in [0.2, 0.25) is 0 Å². The summed E-state index contributed by atoms with van der Waals surface area (Å²) >= 11 is 0. The largest absolute Gasteiger partial charge is 0.379 e. The van der Waals surface area contributed by atoms with Crippen LogP contribution in [0.5, 0.6) is 0 Å². The number of carbonyl (C=O) groups is 1. The normalized spacial score (nSPS) is 15.5. The molecule has 2 heterocycles. The van der Waals surface area contributed by atoms with Crippen LogP contribution in [0.1, 0.15) is 16.7 Å². The lowest BCUT2D eigenvalue weighted by Gasteiger charge is -2.26. The second-order valence-corrected chi connectivity index (χ2v) is 7.33. The first-order chi connectivity index (χ1) is 16.0. The number of hydrogen-bond acceptors (Lipinski definition) is 6. The molecular weight excluding hydrogens is 428 g/mol. The molecule has 0 bridgehead atoms. The number of benzene rings is 1. The molecule has 0 unspecified atom stereocenters. The van der Waals surface area contributed by atoms with E-state index in [2.05, 4.69) is 20.2 Å². The van der Waals surface area contributed by atoms with Crippen LogP contribution < -0.4 is 10.6 Å². The van der Waals surface area contributed by atoms with Crippen LogP contribution in [0.25, 0.3) is 11.6 Å².